The summed E-state index contributed by atoms with van der Waals surface area (Å²) in [7, 11) is 1.53. The Kier molecular flexibility index (Phi) is 5.30. The van der Waals surface area contributed by atoms with E-state index in [-0.39, 0.29) is 36.2 Å². The number of amides is 1. The van der Waals surface area contributed by atoms with Crippen LogP contribution in [-0.2, 0) is 11.3 Å². The van der Waals surface area contributed by atoms with Gasteiger partial charge in [0, 0.05) is 19.2 Å². The van der Waals surface area contributed by atoms with Crippen LogP contribution in [0, 0.1) is 5.82 Å². The minimum atomic E-state index is -1.13. The van der Waals surface area contributed by atoms with Gasteiger partial charge in [0.05, 0.1) is 0 Å². The first kappa shape index (κ1) is 16.5. The first-order chi connectivity index (χ1) is 11.0. The van der Waals surface area contributed by atoms with E-state index < -0.39 is 5.97 Å². The van der Waals surface area contributed by atoms with Crippen LogP contribution < -0.4 is 4.74 Å². The zero-order chi connectivity index (χ0) is 16.8. The van der Waals surface area contributed by atoms with Crippen LogP contribution in [0.1, 0.15) is 15.9 Å². The van der Waals surface area contributed by atoms with Gasteiger partial charge in [-0.15, -0.1) is 0 Å². The van der Waals surface area contributed by atoms with Crippen molar-refractivity contribution in [1.29, 1.82) is 0 Å². The Labute approximate surface area is 132 Å². The first-order valence-electron chi connectivity index (χ1n) is 6.91. The fourth-order valence-corrected chi connectivity index (χ4v) is 1.99. The molecule has 0 aliphatic rings. The molecule has 0 bridgehead atoms. The molecule has 0 aliphatic carbocycles. The van der Waals surface area contributed by atoms with Crippen LogP contribution in [0.25, 0.3) is 0 Å². The van der Waals surface area contributed by atoms with Crippen molar-refractivity contribution < 1.29 is 23.8 Å². The highest BCUT2D eigenvalue weighted by Gasteiger charge is 2.15. The fraction of sp³-hybridized carbons (Fsp3) is 0.176. The van der Waals surface area contributed by atoms with Crippen LogP contribution >= 0.6 is 0 Å². The molecule has 23 heavy (non-hydrogen) atoms. The van der Waals surface area contributed by atoms with Gasteiger partial charge in [0.2, 0.25) is 0 Å². The average Bonchev–Trinajstić information content (AvgIpc) is 2.54. The Balaban J connectivity index is 1.97. The maximum atomic E-state index is 13.6. The Morgan fingerprint density at radius 1 is 1.13 bits per heavy atom. The predicted octanol–water partition coefficient (Wildman–Crippen LogP) is 2.56. The highest BCUT2D eigenvalue weighted by Crippen LogP contribution is 2.18. The number of nitrogens with zero attached hydrogens (tertiary/aromatic N) is 1. The molecule has 6 heteroatoms. The zero-order valence-electron chi connectivity index (χ0n) is 12.5. The number of para-hydroxylation sites is 1. The van der Waals surface area contributed by atoms with Gasteiger partial charge in [-0.1, -0.05) is 30.3 Å². The maximum Gasteiger partial charge on any atom is 0.339 e. The van der Waals surface area contributed by atoms with Crippen LogP contribution in [0.3, 0.4) is 0 Å². The molecule has 2 aromatic rings. The minimum absolute atomic E-state index is 0.0166. The van der Waals surface area contributed by atoms with E-state index in [0.717, 1.165) is 0 Å². The number of aromatic carboxylic acids is 1. The molecule has 0 unspecified atom stereocenters. The van der Waals surface area contributed by atoms with E-state index in [9.17, 15) is 14.0 Å². The summed E-state index contributed by atoms with van der Waals surface area (Å²) in [6.07, 6.45) is 0. The van der Waals surface area contributed by atoms with E-state index in [1.54, 1.807) is 30.3 Å². The van der Waals surface area contributed by atoms with E-state index in [1.807, 2.05) is 0 Å². The molecule has 0 aromatic heterocycles. The Bertz CT molecular complexity index is 717. The summed E-state index contributed by atoms with van der Waals surface area (Å²) in [6.45, 7) is -0.218. The second-order valence-electron chi connectivity index (χ2n) is 4.93. The van der Waals surface area contributed by atoms with Crippen LogP contribution in [0.5, 0.6) is 5.75 Å². The number of likely N-dealkylation sites (N-methyl/N-ethyl adjacent to an activating group) is 1. The third-order valence-corrected chi connectivity index (χ3v) is 3.26. The van der Waals surface area contributed by atoms with Crippen molar-refractivity contribution >= 4 is 11.9 Å². The van der Waals surface area contributed by atoms with E-state index in [1.165, 1.54) is 30.1 Å². The average molecular weight is 317 g/mol. The van der Waals surface area contributed by atoms with Gasteiger partial charge in [-0.25, -0.2) is 9.18 Å². The van der Waals surface area contributed by atoms with Crippen LogP contribution in [0.4, 0.5) is 4.39 Å². The van der Waals surface area contributed by atoms with E-state index in [2.05, 4.69) is 0 Å². The quantitative estimate of drug-likeness (QED) is 0.889. The lowest BCUT2D eigenvalue weighted by Gasteiger charge is -2.18. The standard InChI is InChI=1S/C17H16FNO4/c1-19(10-12-6-2-4-8-14(12)18)16(20)11-23-15-9-5-3-7-13(15)17(21)22/h2-9H,10-11H2,1H3,(H,21,22). The summed E-state index contributed by atoms with van der Waals surface area (Å²) in [5.41, 5.74) is 0.381. The summed E-state index contributed by atoms with van der Waals surface area (Å²) in [5, 5.41) is 9.05. The largest absolute Gasteiger partial charge is 0.483 e. The Morgan fingerprint density at radius 2 is 1.78 bits per heavy atom. The summed E-state index contributed by atoms with van der Waals surface area (Å²) in [5.74, 6) is -1.78. The number of carboxylic acid groups (broad SMARTS) is 1. The molecule has 0 saturated heterocycles. The molecule has 5 nitrogen and oxygen atoms in total. The minimum Gasteiger partial charge on any atom is -0.483 e. The molecule has 2 aromatic carbocycles. The number of carbonyl (C=O) groups excluding carboxylic acids is 1. The lowest BCUT2D eigenvalue weighted by Crippen LogP contribution is -2.31. The third-order valence-electron chi connectivity index (χ3n) is 3.26. The zero-order valence-corrected chi connectivity index (χ0v) is 12.5. The number of benzene rings is 2. The smallest absolute Gasteiger partial charge is 0.339 e. The third kappa shape index (κ3) is 4.29. The predicted molar refractivity (Wildman–Crippen MR) is 81.8 cm³/mol. The number of hydrogen-bond donors (Lipinski definition) is 1. The van der Waals surface area contributed by atoms with Crippen LogP contribution in [0.15, 0.2) is 48.5 Å². The lowest BCUT2D eigenvalue weighted by molar-refractivity contribution is -0.132. The van der Waals surface area contributed by atoms with Crippen molar-refractivity contribution in [3.05, 3.63) is 65.5 Å². The fourth-order valence-electron chi connectivity index (χ4n) is 1.99. The van der Waals surface area contributed by atoms with Crippen molar-refractivity contribution in [3.8, 4) is 5.75 Å². The molecular weight excluding hydrogens is 301 g/mol. The number of hydrogen-bond acceptors (Lipinski definition) is 3. The molecule has 0 spiro atoms. The Morgan fingerprint density at radius 3 is 2.48 bits per heavy atom. The summed E-state index contributed by atoms with van der Waals surface area (Å²) >= 11 is 0. The van der Waals surface area contributed by atoms with E-state index in [0.29, 0.717) is 5.56 Å². The monoisotopic (exact) mass is 317 g/mol. The molecule has 0 saturated carbocycles. The first-order valence-corrected chi connectivity index (χ1v) is 6.91. The molecule has 120 valence electrons. The molecule has 0 atom stereocenters. The van der Waals surface area contributed by atoms with Gasteiger partial charge >= 0.3 is 5.97 Å². The highest BCUT2D eigenvalue weighted by atomic mass is 19.1. The molecule has 0 fully saturated rings. The number of ether oxygens (including phenoxy) is 1. The van der Waals surface area contributed by atoms with Crippen molar-refractivity contribution in [2.75, 3.05) is 13.7 Å². The van der Waals surface area contributed by atoms with Crippen molar-refractivity contribution in [3.63, 3.8) is 0 Å². The maximum absolute atomic E-state index is 13.6. The molecule has 0 radical (unpaired) electrons. The van der Waals surface area contributed by atoms with E-state index >= 15 is 0 Å². The molecule has 2 rings (SSSR count). The number of carbonyl (C=O) groups is 2. The summed E-state index contributed by atoms with van der Waals surface area (Å²) in [4.78, 5) is 24.4. The van der Waals surface area contributed by atoms with Gasteiger partial charge in [-0.2, -0.15) is 0 Å². The summed E-state index contributed by atoms with van der Waals surface area (Å²) in [6, 6.07) is 12.3. The van der Waals surface area contributed by atoms with Gasteiger partial charge in [-0.05, 0) is 18.2 Å². The summed E-state index contributed by atoms with van der Waals surface area (Å²) < 4.78 is 18.9. The molecule has 0 heterocycles. The normalized spacial score (nSPS) is 10.2. The number of rotatable bonds is 6. The van der Waals surface area contributed by atoms with Gasteiger partial charge in [0.25, 0.3) is 5.91 Å². The number of carboxylic acids is 1. The van der Waals surface area contributed by atoms with Crippen molar-refractivity contribution in [1.82, 2.24) is 4.90 Å². The van der Waals surface area contributed by atoms with Gasteiger partial charge in [0.15, 0.2) is 6.61 Å². The van der Waals surface area contributed by atoms with Gasteiger partial charge < -0.3 is 14.7 Å². The second kappa shape index (κ2) is 7.40. The Hall–Kier alpha value is -2.89. The van der Waals surface area contributed by atoms with Crippen LogP contribution in [0.2, 0.25) is 0 Å². The molecule has 0 aliphatic heterocycles. The lowest BCUT2D eigenvalue weighted by atomic mass is 10.2. The highest BCUT2D eigenvalue weighted by molar-refractivity contribution is 5.91. The number of halogens is 1. The van der Waals surface area contributed by atoms with Crippen LogP contribution in [-0.4, -0.2) is 35.5 Å². The topological polar surface area (TPSA) is 66.8 Å². The van der Waals surface area contributed by atoms with Gasteiger partial charge in [-0.3, -0.25) is 4.79 Å². The van der Waals surface area contributed by atoms with Gasteiger partial charge in [0.1, 0.15) is 17.1 Å². The van der Waals surface area contributed by atoms with Crippen molar-refractivity contribution in [2.24, 2.45) is 0 Å². The molecular formula is C17H16FNO4. The molecule has 1 N–H and O–H groups in total. The van der Waals surface area contributed by atoms with E-state index in [4.69, 9.17) is 9.84 Å². The molecule has 1 amide bonds. The second-order valence-corrected chi connectivity index (χ2v) is 4.93. The van der Waals surface area contributed by atoms with Crippen molar-refractivity contribution in [2.45, 2.75) is 6.54 Å². The SMILES string of the molecule is CN(Cc1ccccc1F)C(=O)COc1ccccc1C(=O)O.